The van der Waals surface area contributed by atoms with Crippen molar-refractivity contribution in [1.82, 2.24) is 4.37 Å². The number of aromatic nitrogens is 1. The largest absolute Gasteiger partial charge is 0.383 e. The Balaban J connectivity index is 1.96. The summed E-state index contributed by atoms with van der Waals surface area (Å²) in [7, 11) is 1.74. The van der Waals surface area contributed by atoms with Gasteiger partial charge in [-0.05, 0) is 29.9 Å². The van der Waals surface area contributed by atoms with Gasteiger partial charge in [0.15, 0.2) is 0 Å². The summed E-state index contributed by atoms with van der Waals surface area (Å²) in [5.74, 6) is 0.624. The van der Waals surface area contributed by atoms with Crippen LogP contribution in [0.25, 0.3) is 11.1 Å². The van der Waals surface area contributed by atoms with Crippen LogP contribution in [-0.2, 0) is 4.74 Å². The Hall–Kier alpha value is -1.59. The fraction of sp³-hybridized carbons (Fsp3) is 0.400. The summed E-state index contributed by atoms with van der Waals surface area (Å²) < 4.78 is 9.60. The Kier molecular flexibility index (Phi) is 3.89. The van der Waals surface area contributed by atoms with E-state index in [0.717, 1.165) is 24.3 Å². The van der Waals surface area contributed by atoms with Crippen molar-refractivity contribution in [1.29, 1.82) is 0 Å². The predicted octanol–water partition coefficient (Wildman–Crippen LogP) is 3.01. The molecule has 0 spiro atoms. The first-order chi connectivity index (χ1) is 9.81. The fourth-order valence-corrected chi connectivity index (χ4v) is 3.33. The number of nitrogens with two attached hydrogens (primary N) is 1. The minimum atomic E-state index is 0.618. The average molecular weight is 289 g/mol. The Bertz CT molecular complexity index is 566. The predicted molar refractivity (Wildman–Crippen MR) is 84.2 cm³/mol. The molecule has 1 aliphatic carbocycles. The van der Waals surface area contributed by atoms with Gasteiger partial charge in [-0.2, -0.15) is 4.37 Å². The molecule has 3 rings (SSSR count). The normalized spacial score (nSPS) is 14.4. The zero-order valence-electron chi connectivity index (χ0n) is 11.6. The highest BCUT2D eigenvalue weighted by Gasteiger charge is 2.32. The van der Waals surface area contributed by atoms with Crippen LogP contribution >= 0.6 is 11.5 Å². The molecule has 0 atom stereocenters. The second kappa shape index (κ2) is 5.81. The number of nitrogens with zero attached hydrogens (tertiary/aromatic N) is 2. The number of hydrogen-bond acceptors (Lipinski definition) is 5. The van der Waals surface area contributed by atoms with Gasteiger partial charge < -0.3 is 15.4 Å². The molecule has 0 aliphatic heterocycles. The van der Waals surface area contributed by atoms with Crippen LogP contribution in [0.15, 0.2) is 30.3 Å². The Morgan fingerprint density at radius 2 is 2.10 bits per heavy atom. The van der Waals surface area contributed by atoms with Crippen LogP contribution in [0.4, 0.5) is 10.8 Å². The van der Waals surface area contributed by atoms with Crippen molar-refractivity contribution in [2.24, 2.45) is 0 Å². The number of hydrogen-bond donors (Lipinski definition) is 1. The molecule has 1 fully saturated rings. The topological polar surface area (TPSA) is 51.4 Å². The van der Waals surface area contributed by atoms with E-state index in [1.54, 1.807) is 7.11 Å². The lowest BCUT2D eigenvalue weighted by Gasteiger charge is -2.23. The van der Waals surface area contributed by atoms with Gasteiger partial charge >= 0.3 is 0 Å². The van der Waals surface area contributed by atoms with Gasteiger partial charge in [-0.25, -0.2) is 0 Å². The van der Waals surface area contributed by atoms with Crippen LogP contribution in [0.1, 0.15) is 12.8 Å². The molecular formula is C15H19N3OS. The van der Waals surface area contributed by atoms with Crippen molar-refractivity contribution in [2.45, 2.75) is 18.9 Å². The van der Waals surface area contributed by atoms with E-state index in [0.29, 0.717) is 11.9 Å². The average Bonchev–Trinajstić information content (AvgIpc) is 3.24. The Labute approximate surface area is 123 Å². The molecule has 2 N–H and O–H groups in total. The van der Waals surface area contributed by atoms with Gasteiger partial charge in [0.1, 0.15) is 10.8 Å². The van der Waals surface area contributed by atoms with E-state index in [-0.39, 0.29) is 0 Å². The number of methoxy groups -OCH3 is 1. The van der Waals surface area contributed by atoms with Gasteiger partial charge in [0, 0.05) is 19.7 Å². The molecule has 0 unspecified atom stereocenters. The standard InChI is InChI=1S/C15H19N3OS/c1-19-10-9-18(12-7-8-12)15-13(14(16)17-20-15)11-5-3-2-4-6-11/h2-6,12H,7-10H2,1H3,(H2,16,17). The van der Waals surface area contributed by atoms with E-state index < -0.39 is 0 Å². The van der Waals surface area contributed by atoms with Gasteiger partial charge in [-0.1, -0.05) is 30.3 Å². The molecule has 1 heterocycles. The highest BCUT2D eigenvalue weighted by molar-refractivity contribution is 7.11. The Morgan fingerprint density at radius 3 is 2.75 bits per heavy atom. The summed E-state index contributed by atoms with van der Waals surface area (Å²) in [6.07, 6.45) is 2.49. The molecule has 1 aromatic carbocycles. The lowest BCUT2D eigenvalue weighted by Crippen LogP contribution is -2.29. The second-order valence-corrected chi connectivity index (χ2v) is 5.78. The molecule has 1 aromatic heterocycles. The van der Waals surface area contributed by atoms with Crippen molar-refractivity contribution >= 4 is 22.4 Å². The SMILES string of the molecule is COCCN(c1snc(N)c1-c1ccccc1)C1CC1. The zero-order chi connectivity index (χ0) is 13.9. The summed E-state index contributed by atoms with van der Waals surface area (Å²) in [6, 6.07) is 10.9. The maximum absolute atomic E-state index is 6.10. The molecule has 0 bridgehead atoms. The first kappa shape index (κ1) is 13.4. The smallest absolute Gasteiger partial charge is 0.147 e. The van der Waals surface area contributed by atoms with Crippen LogP contribution in [0.2, 0.25) is 0 Å². The van der Waals surface area contributed by atoms with Crippen molar-refractivity contribution < 1.29 is 4.74 Å². The van der Waals surface area contributed by atoms with Gasteiger partial charge in [0.25, 0.3) is 0 Å². The van der Waals surface area contributed by atoms with E-state index in [1.807, 2.05) is 18.2 Å². The lowest BCUT2D eigenvalue weighted by molar-refractivity contribution is 0.205. The minimum Gasteiger partial charge on any atom is -0.383 e. The summed E-state index contributed by atoms with van der Waals surface area (Å²) in [5.41, 5.74) is 8.31. The number of ether oxygens (including phenoxy) is 1. The summed E-state index contributed by atoms with van der Waals surface area (Å²) in [4.78, 5) is 2.40. The van der Waals surface area contributed by atoms with E-state index in [4.69, 9.17) is 10.5 Å². The van der Waals surface area contributed by atoms with Gasteiger partial charge in [0.05, 0.1) is 12.2 Å². The molecule has 2 aromatic rings. The van der Waals surface area contributed by atoms with Crippen LogP contribution in [0.3, 0.4) is 0 Å². The first-order valence-electron chi connectivity index (χ1n) is 6.87. The third-order valence-corrected chi connectivity index (χ3v) is 4.45. The van der Waals surface area contributed by atoms with E-state index in [9.17, 15) is 0 Å². The van der Waals surface area contributed by atoms with Crippen LogP contribution < -0.4 is 10.6 Å². The number of nitrogen functional groups attached to an aromatic ring is 1. The van der Waals surface area contributed by atoms with Crippen molar-refractivity contribution in [3.8, 4) is 11.1 Å². The van der Waals surface area contributed by atoms with Crippen molar-refractivity contribution in [2.75, 3.05) is 30.9 Å². The van der Waals surface area contributed by atoms with E-state index >= 15 is 0 Å². The number of benzene rings is 1. The third-order valence-electron chi connectivity index (χ3n) is 3.55. The maximum Gasteiger partial charge on any atom is 0.147 e. The minimum absolute atomic E-state index is 0.618. The molecule has 1 aliphatic rings. The van der Waals surface area contributed by atoms with E-state index in [1.165, 1.54) is 29.4 Å². The van der Waals surface area contributed by atoms with Crippen LogP contribution in [-0.4, -0.2) is 30.7 Å². The maximum atomic E-state index is 6.10. The molecule has 106 valence electrons. The zero-order valence-corrected chi connectivity index (χ0v) is 12.4. The molecule has 20 heavy (non-hydrogen) atoms. The molecule has 0 amide bonds. The molecular weight excluding hydrogens is 270 g/mol. The quantitative estimate of drug-likeness (QED) is 0.888. The highest BCUT2D eigenvalue weighted by atomic mass is 32.1. The van der Waals surface area contributed by atoms with Gasteiger partial charge in [-0.15, -0.1) is 0 Å². The summed E-state index contributed by atoms with van der Waals surface area (Å²) in [6.45, 7) is 1.62. The number of anilines is 2. The third kappa shape index (κ3) is 2.64. The lowest BCUT2D eigenvalue weighted by atomic mass is 10.1. The fourth-order valence-electron chi connectivity index (χ4n) is 2.39. The molecule has 4 nitrogen and oxygen atoms in total. The van der Waals surface area contributed by atoms with Gasteiger partial charge in [-0.3, -0.25) is 0 Å². The van der Waals surface area contributed by atoms with Gasteiger partial charge in [0.2, 0.25) is 0 Å². The van der Waals surface area contributed by atoms with E-state index in [2.05, 4.69) is 21.4 Å². The molecule has 5 heteroatoms. The monoisotopic (exact) mass is 289 g/mol. The van der Waals surface area contributed by atoms with Crippen molar-refractivity contribution in [3.05, 3.63) is 30.3 Å². The molecule has 0 saturated heterocycles. The molecule has 1 saturated carbocycles. The highest BCUT2D eigenvalue weighted by Crippen LogP contribution is 2.43. The first-order valence-corrected chi connectivity index (χ1v) is 7.64. The van der Waals surface area contributed by atoms with Crippen LogP contribution in [0, 0.1) is 0 Å². The summed E-state index contributed by atoms with van der Waals surface area (Å²) >= 11 is 1.49. The second-order valence-electron chi connectivity index (χ2n) is 5.03. The van der Waals surface area contributed by atoms with Crippen molar-refractivity contribution in [3.63, 3.8) is 0 Å². The summed E-state index contributed by atoms with van der Waals surface area (Å²) in [5, 5.41) is 1.17. The van der Waals surface area contributed by atoms with Crippen LogP contribution in [0.5, 0.6) is 0 Å². The Morgan fingerprint density at radius 1 is 1.35 bits per heavy atom. The number of rotatable bonds is 6. The molecule has 0 radical (unpaired) electrons.